The van der Waals surface area contributed by atoms with Gasteiger partial charge in [-0.2, -0.15) is 5.10 Å². The fourth-order valence-electron chi connectivity index (χ4n) is 3.22. The van der Waals surface area contributed by atoms with E-state index in [1.165, 1.54) is 11.3 Å². The molecule has 2 aromatic rings. The van der Waals surface area contributed by atoms with E-state index in [4.69, 9.17) is 9.72 Å². The van der Waals surface area contributed by atoms with E-state index in [1.54, 1.807) is 13.1 Å². The van der Waals surface area contributed by atoms with Gasteiger partial charge in [-0.15, -0.1) is 5.01 Å². The predicted molar refractivity (Wildman–Crippen MR) is 112 cm³/mol. The van der Waals surface area contributed by atoms with E-state index in [-0.39, 0.29) is 5.91 Å². The fraction of sp³-hybridized carbons (Fsp3) is 0.400. The van der Waals surface area contributed by atoms with Crippen LogP contribution in [0.4, 0.5) is 9.93 Å². The quantitative estimate of drug-likeness (QED) is 0.602. The average molecular weight is 414 g/mol. The largest absolute Gasteiger partial charge is 0.378 e. The lowest BCUT2D eigenvalue weighted by atomic mass is 10.00. The molecular weight excluding hydrogens is 390 g/mol. The number of benzene rings is 1. The number of imide groups is 1. The van der Waals surface area contributed by atoms with Gasteiger partial charge < -0.3 is 15.0 Å². The number of aromatic nitrogens is 1. The van der Waals surface area contributed by atoms with Crippen molar-refractivity contribution in [2.24, 2.45) is 5.10 Å². The molecule has 9 heteroatoms. The normalized spacial score (nSPS) is 22.6. The first-order valence-corrected chi connectivity index (χ1v) is 10.4. The summed E-state index contributed by atoms with van der Waals surface area (Å²) in [6, 6.07) is 9.32. The molecule has 2 aliphatic heterocycles. The third kappa shape index (κ3) is 3.75. The Morgan fingerprint density at radius 2 is 2.00 bits per heavy atom. The topological polar surface area (TPSA) is 87.1 Å². The second-order valence-electron chi connectivity index (χ2n) is 7.15. The van der Waals surface area contributed by atoms with E-state index in [0.717, 1.165) is 39.4 Å². The van der Waals surface area contributed by atoms with Crippen LogP contribution in [0.3, 0.4) is 0 Å². The van der Waals surface area contributed by atoms with Gasteiger partial charge in [0.25, 0.3) is 5.91 Å². The number of hydrogen-bond acceptors (Lipinski definition) is 7. The van der Waals surface area contributed by atoms with Crippen LogP contribution in [0.5, 0.6) is 0 Å². The summed E-state index contributed by atoms with van der Waals surface area (Å²) in [5.74, 6) is -0.347. The molecule has 2 fully saturated rings. The molecule has 4 rings (SSSR count). The number of hydrogen-bond donors (Lipinski definition) is 1. The molecule has 8 nitrogen and oxygen atoms in total. The Kier molecular flexibility index (Phi) is 5.33. The number of morpholine rings is 1. The van der Waals surface area contributed by atoms with Crippen molar-refractivity contribution in [3.63, 3.8) is 0 Å². The number of rotatable bonds is 5. The zero-order valence-electron chi connectivity index (χ0n) is 16.4. The molecule has 2 aliphatic rings. The zero-order valence-corrected chi connectivity index (χ0v) is 17.2. The van der Waals surface area contributed by atoms with Gasteiger partial charge in [0.1, 0.15) is 5.54 Å². The van der Waals surface area contributed by atoms with Gasteiger partial charge in [-0.05, 0) is 13.3 Å². The van der Waals surface area contributed by atoms with Gasteiger partial charge in [0.2, 0.25) is 0 Å². The summed E-state index contributed by atoms with van der Waals surface area (Å²) in [6.07, 6.45) is 2.06. The van der Waals surface area contributed by atoms with Crippen molar-refractivity contribution in [1.82, 2.24) is 15.3 Å². The molecule has 0 unspecified atom stereocenters. The standard InChI is InChI=1S/C20H23N5O3S/c1-3-20(2)17(26)25(18(27)23-20)21-13-15-16(14-7-5-4-6-8-14)22-19(29-15)24-9-11-28-12-10-24/h4-8,13H,3,9-12H2,1-2H3,(H,23,27)/b21-13-/t20-/m1/s1. The van der Waals surface area contributed by atoms with Gasteiger partial charge in [-0.1, -0.05) is 48.6 Å². The fourth-order valence-corrected chi connectivity index (χ4v) is 4.23. The van der Waals surface area contributed by atoms with Crippen LogP contribution in [0.25, 0.3) is 11.3 Å². The van der Waals surface area contributed by atoms with Crippen LogP contribution in [0.1, 0.15) is 25.1 Å². The number of thiazole rings is 1. The minimum atomic E-state index is -0.913. The van der Waals surface area contributed by atoms with Gasteiger partial charge in [0, 0.05) is 18.7 Å². The average Bonchev–Trinajstić information content (AvgIpc) is 3.27. The number of amides is 3. The summed E-state index contributed by atoms with van der Waals surface area (Å²) in [6.45, 7) is 6.46. The SMILES string of the molecule is CC[C@@]1(C)NC(=O)N(/N=C\c2sc(N3CCOCC3)nc2-c2ccccc2)C1=O. The predicted octanol–water partition coefficient (Wildman–Crippen LogP) is 2.70. The van der Waals surface area contributed by atoms with E-state index in [9.17, 15) is 9.59 Å². The summed E-state index contributed by atoms with van der Waals surface area (Å²) in [5.41, 5.74) is 0.829. The lowest BCUT2D eigenvalue weighted by Gasteiger charge is -2.26. The molecule has 0 bridgehead atoms. The smallest absolute Gasteiger partial charge is 0.346 e. The van der Waals surface area contributed by atoms with Gasteiger partial charge in [-0.25, -0.2) is 9.78 Å². The second kappa shape index (κ2) is 7.92. The van der Waals surface area contributed by atoms with E-state index < -0.39 is 11.6 Å². The van der Waals surface area contributed by atoms with Crippen molar-refractivity contribution in [3.05, 3.63) is 35.2 Å². The molecule has 0 aliphatic carbocycles. The van der Waals surface area contributed by atoms with Crippen LogP contribution in [0, 0.1) is 0 Å². The van der Waals surface area contributed by atoms with Gasteiger partial charge in [0.15, 0.2) is 5.13 Å². The minimum absolute atomic E-state index is 0.347. The van der Waals surface area contributed by atoms with Crippen molar-refractivity contribution in [1.29, 1.82) is 0 Å². The van der Waals surface area contributed by atoms with E-state index >= 15 is 0 Å². The highest BCUT2D eigenvalue weighted by atomic mass is 32.1. The lowest BCUT2D eigenvalue weighted by Crippen LogP contribution is -2.42. The molecule has 2 saturated heterocycles. The van der Waals surface area contributed by atoms with Gasteiger partial charge in [0.05, 0.1) is 30.0 Å². The molecule has 1 atom stereocenters. The van der Waals surface area contributed by atoms with Crippen molar-refractivity contribution >= 4 is 34.6 Å². The van der Waals surface area contributed by atoms with Crippen LogP contribution in [-0.2, 0) is 9.53 Å². The zero-order chi connectivity index (χ0) is 20.4. The highest BCUT2D eigenvalue weighted by Gasteiger charge is 2.46. The minimum Gasteiger partial charge on any atom is -0.378 e. The molecule has 1 N–H and O–H groups in total. The lowest BCUT2D eigenvalue weighted by molar-refractivity contribution is -0.130. The summed E-state index contributed by atoms with van der Waals surface area (Å²) < 4.78 is 5.43. The number of hydrazone groups is 1. The molecule has 29 heavy (non-hydrogen) atoms. The molecule has 1 aromatic carbocycles. The number of carbonyl (C=O) groups is 2. The molecule has 1 aromatic heterocycles. The van der Waals surface area contributed by atoms with Gasteiger partial charge >= 0.3 is 6.03 Å². The first kappa shape index (κ1) is 19.5. The van der Waals surface area contributed by atoms with Crippen LogP contribution in [-0.4, -0.2) is 60.0 Å². The van der Waals surface area contributed by atoms with Crippen molar-refractivity contribution in [2.75, 3.05) is 31.2 Å². The molecule has 0 saturated carbocycles. The van der Waals surface area contributed by atoms with Crippen molar-refractivity contribution < 1.29 is 14.3 Å². The number of carbonyl (C=O) groups excluding carboxylic acids is 2. The first-order valence-electron chi connectivity index (χ1n) is 9.61. The first-order chi connectivity index (χ1) is 14.0. The monoisotopic (exact) mass is 413 g/mol. The van der Waals surface area contributed by atoms with Crippen LogP contribution >= 0.6 is 11.3 Å². The molecule has 0 radical (unpaired) electrons. The highest BCUT2D eigenvalue weighted by Crippen LogP contribution is 2.32. The Balaban J connectivity index is 1.67. The van der Waals surface area contributed by atoms with Crippen LogP contribution < -0.4 is 10.2 Å². The summed E-state index contributed by atoms with van der Waals surface area (Å²) in [5, 5.41) is 8.71. The van der Waals surface area contributed by atoms with E-state index in [1.807, 2.05) is 37.3 Å². The van der Waals surface area contributed by atoms with Gasteiger partial charge in [-0.3, -0.25) is 4.79 Å². The maximum atomic E-state index is 12.6. The Labute approximate surface area is 173 Å². The maximum Gasteiger partial charge on any atom is 0.346 e. The Morgan fingerprint density at radius 1 is 1.28 bits per heavy atom. The molecule has 152 valence electrons. The number of anilines is 1. The number of ether oxygens (including phenoxy) is 1. The van der Waals surface area contributed by atoms with Crippen molar-refractivity contribution in [2.45, 2.75) is 25.8 Å². The highest BCUT2D eigenvalue weighted by molar-refractivity contribution is 7.17. The van der Waals surface area contributed by atoms with E-state index in [0.29, 0.717) is 19.6 Å². The Bertz CT molecular complexity index is 939. The molecular formula is C20H23N5O3S. The number of nitrogens with zero attached hydrogens (tertiary/aromatic N) is 4. The number of nitrogens with one attached hydrogen (secondary N) is 1. The Hall–Kier alpha value is -2.78. The second-order valence-corrected chi connectivity index (χ2v) is 8.16. The van der Waals surface area contributed by atoms with E-state index in [2.05, 4.69) is 15.3 Å². The molecule has 3 amide bonds. The van der Waals surface area contributed by atoms with Crippen LogP contribution in [0.2, 0.25) is 0 Å². The summed E-state index contributed by atoms with van der Waals surface area (Å²) >= 11 is 1.49. The molecule has 0 spiro atoms. The third-order valence-corrected chi connectivity index (χ3v) is 6.26. The summed E-state index contributed by atoms with van der Waals surface area (Å²) in [7, 11) is 0. The Morgan fingerprint density at radius 3 is 2.66 bits per heavy atom. The summed E-state index contributed by atoms with van der Waals surface area (Å²) in [4.78, 5) is 32.6. The number of urea groups is 1. The van der Waals surface area contributed by atoms with Crippen molar-refractivity contribution in [3.8, 4) is 11.3 Å². The van der Waals surface area contributed by atoms with Crippen LogP contribution in [0.15, 0.2) is 35.4 Å². The maximum absolute atomic E-state index is 12.6. The molecule has 3 heterocycles. The third-order valence-electron chi connectivity index (χ3n) is 5.21.